The van der Waals surface area contributed by atoms with E-state index >= 15 is 0 Å². The Kier molecular flexibility index (Phi) is 15.3. The fourth-order valence-electron chi connectivity index (χ4n) is 2.47. The van der Waals surface area contributed by atoms with E-state index in [0.29, 0.717) is 13.0 Å². The van der Waals surface area contributed by atoms with E-state index in [4.69, 9.17) is 5.11 Å². The summed E-state index contributed by atoms with van der Waals surface area (Å²) in [6.07, 6.45) is 13.9. The Morgan fingerprint density at radius 2 is 1.19 bits per heavy atom. The molecular formula is C17H34O4. The molecule has 0 heterocycles. The summed E-state index contributed by atoms with van der Waals surface area (Å²) in [7, 11) is 1.30. The van der Waals surface area contributed by atoms with Crippen molar-refractivity contribution >= 4 is 5.97 Å². The van der Waals surface area contributed by atoms with Gasteiger partial charge in [0.1, 0.15) is 0 Å². The lowest BCUT2D eigenvalue weighted by atomic mass is 10.0. The van der Waals surface area contributed by atoms with Crippen molar-refractivity contribution in [2.75, 3.05) is 13.7 Å². The summed E-state index contributed by atoms with van der Waals surface area (Å²) in [6.45, 7) is 0.330. The molecule has 0 aromatic rings. The average Bonchev–Trinajstić information content (AvgIpc) is 2.50. The molecule has 4 heteroatoms. The molecule has 21 heavy (non-hydrogen) atoms. The predicted octanol–water partition coefficient (Wildman–Crippen LogP) is 3.58. The maximum atomic E-state index is 11.0. The molecule has 1 unspecified atom stereocenters. The number of carbonyl (C=O) groups excluding carboxylic acids is 1. The first-order valence-corrected chi connectivity index (χ1v) is 8.59. The number of aliphatic hydroxyl groups is 2. The molecule has 0 saturated heterocycles. The van der Waals surface area contributed by atoms with Crippen molar-refractivity contribution in [3.05, 3.63) is 0 Å². The Bertz CT molecular complexity index is 231. The van der Waals surface area contributed by atoms with E-state index in [0.717, 1.165) is 25.7 Å². The lowest BCUT2D eigenvalue weighted by Gasteiger charge is -2.07. The number of hydrogen-bond donors (Lipinski definition) is 2. The van der Waals surface area contributed by atoms with Crippen LogP contribution in [0.1, 0.15) is 83.5 Å². The maximum Gasteiger partial charge on any atom is 0.334 e. The van der Waals surface area contributed by atoms with Crippen LogP contribution in [0, 0.1) is 0 Å². The first-order valence-electron chi connectivity index (χ1n) is 8.59. The average molecular weight is 302 g/mol. The summed E-state index contributed by atoms with van der Waals surface area (Å²) in [6, 6.07) is 0. The van der Waals surface area contributed by atoms with Gasteiger partial charge in [0.15, 0.2) is 6.10 Å². The summed E-state index contributed by atoms with van der Waals surface area (Å²) in [5, 5.41) is 18.1. The van der Waals surface area contributed by atoms with Crippen molar-refractivity contribution in [2.24, 2.45) is 0 Å². The van der Waals surface area contributed by atoms with Crippen LogP contribution < -0.4 is 0 Å². The van der Waals surface area contributed by atoms with Gasteiger partial charge in [-0.3, -0.25) is 0 Å². The van der Waals surface area contributed by atoms with E-state index in [1.54, 1.807) is 0 Å². The smallest absolute Gasteiger partial charge is 0.334 e. The van der Waals surface area contributed by atoms with Gasteiger partial charge in [0.25, 0.3) is 0 Å². The number of hydrogen-bond acceptors (Lipinski definition) is 4. The third-order valence-corrected chi connectivity index (χ3v) is 3.86. The molecule has 4 nitrogen and oxygen atoms in total. The minimum atomic E-state index is -0.944. The van der Waals surface area contributed by atoms with Gasteiger partial charge in [-0.05, 0) is 12.8 Å². The Morgan fingerprint density at radius 3 is 1.57 bits per heavy atom. The predicted molar refractivity (Wildman–Crippen MR) is 85.1 cm³/mol. The number of carbonyl (C=O) groups is 1. The molecule has 0 aliphatic heterocycles. The molecular weight excluding hydrogens is 268 g/mol. The molecule has 0 bridgehead atoms. The molecule has 2 N–H and O–H groups in total. The molecule has 1 atom stereocenters. The Hall–Kier alpha value is -0.610. The summed E-state index contributed by atoms with van der Waals surface area (Å²) < 4.78 is 4.47. The van der Waals surface area contributed by atoms with Crippen molar-refractivity contribution in [3.63, 3.8) is 0 Å². The highest BCUT2D eigenvalue weighted by Crippen LogP contribution is 2.13. The fourth-order valence-corrected chi connectivity index (χ4v) is 2.47. The van der Waals surface area contributed by atoms with Crippen LogP contribution in [0.4, 0.5) is 0 Å². The molecule has 0 radical (unpaired) electrons. The molecule has 0 fully saturated rings. The van der Waals surface area contributed by atoms with Crippen LogP contribution in [0.25, 0.3) is 0 Å². The summed E-state index contributed by atoms with van der Waals surface area (Å²) in [4.78, 5) is 11.0. The minimum absolute atomic E-state index is 0.330. The molecule has 0 spiro atoms. The summed E-state index contributed by atoms with van der Waals surface area (Å²) in [5.41, 5.74) is 0. The van der Waals surface area contributed by atoms with Gasteiger partial charge in [0.2, 0.25) is 0 Å². The van der Waals surface area contributed by atoms with E-state index in [1.165, 1.54) is 58.5 Å². The zero-order valence-corrected chi connectivity index (χ0v) is 13.7. The number of rotatable bonds is 15. The minimum Gasteiger partial charge on any atom is -0.467 e. The topological polar surface area (TPSA) is 66.8 Å². The molecule has 0 amide bonds. The van der Waals surface area contributed by atoms with Crippen molar-refractivity contribution in [3.8, 4) is 0 Å². The summed E-state index contributed by atoms with van der Waals surface area (Å²) in [5.74, 6) is -0.519. The van der Waals surface area contributed by atoms with Crippen molar-refractivity contribution in [2.45, 2.75) is 89.6 Å². The van der Waals surface area contributed by atoms with Crippen molar-refractivity contribution < 1.29 is 19.7 Å². The molecule has 0 saturated carbocycles. The molecule has 126 valence electrons. The SMILES string of the molecule is COC(=O)C(O)CCCCCCCCCCCCCCO. The van der Waals surface area contributed by atoms with Crippen molar-refractivity contribution in [1.29, 1.82) is 0 Å². The normalized spacial score (nSPS) is 12.3. The zero-order chi connectivity index (χ0) is 15.8. The molecule has 0 aromatic heterocycles. The fraction of sp³-hybridized carbons (Fsp3) is 0.941. The first-order chi connectivity index (χ1) is 10.2. The van der Waals surface area contributed by atoms with E-state index in [9.17, 15) is 9.90 Å². The Labute approximate surface area is 129 Å². The standard InChI is InChI=1S/C17H34O4/c1-21-17(20)16(19)14-12-10-8-6-4-2-3-5-7-9-11-13-15-18/h16,18-19H,2-15H2,1H3. The number of esters is 1. The third kappa shape index (κ3) is 14.1. The highest BCUT2D eigenvalue weighted by Gasteiger charge is 2.13. The number of aliphatic hydroxyl groups excluding tert-OH is 2. The number of ether oxygens (including phenoxy) is 1. The second-order valence-corrected chi connectivity index (χ2v) is 5.79. The largest absolute Gasteiger partial charge is 0.467 e. The third-order valence-electron chi connectivity index (χ3n) is 3.86. The first kappa shape index (κ1) is 20.4. The molecule has 0 aliphatic rings. The van der Waals surface area contributed by atoms with E-state index < -0.39 is 12.1 Å². The van der Waals surface area contributed by atoms with Crippen LogP contribution >= 0.6 is 0 Å². The van der Waals surface area contributed by atoms with Gasteiger partial charge in [-0.2, -0.15) is 0 Å². The number of unbranched alkanes of at least 4 members (excludes halogenated alkanes) is 11. The van der Waals surface area contributed by atoms with Gasteiger partial charge in [-0.25, -0.2) is 4.79 Å². The second-order valence-electron chi connectivity index (χ2n) is 5.79. The van der Waals surface area contributed by atoms with Crippen LogP contribution in [0.2, 0.25) is 0 Å². The molecule has 0 aliphatic carbocycles. The van der Waals surface area contributed by atoms with Gasteiger partial charge in [-0.15, -0.1) is 0 Å². The monoisotopic (exact) mass is 302 g/mol. The highest BCUT2D eigenvalue weighted by atomic mass is 16.5. The lowest BCUT2D eigenvalue weighted by molar-refractivity contribution is -0.150. The van der Waals surface area contributed by atoms with Gasteiger partial charge in [0, 0.05) is 6.61 Å². The van der Waals surface area contributed by atoms with Crippen LogP contribution in [0.15, 0.2) is 0 Å². The lowest BCUT2D eigenvalue weighted by Crippen LogP contribution is -2.21. The quantitative estimate of drug-likeness (QED) is 0.358. The van der Waals surface area contributed by atoms with Crippen molar-refractivity contribution in [1.82, 2.24) is 0 Å². The Balaban J connectivity index is 3.11. The van der Waals surface area contributed by atoms with Gasteiger partial charge >= 0.3 is 5.97 Å². The van der Waals surface area contributed by atoms with Crippen LogP contribution in [-0.4, -0.2) is 36.0 Å². The van der Waals surface area contributed by atoms with E-state index in [1.807, 2.05) is 0 Å². The molecule has 0 aromatic carbocycles. The number of methoxy groups -OCH3 is 1. The highest BCUT2D eigenvalue weighted by molar-refractivity contribution is 5.74. The van der Waals surface area contributed by atoms with E-state index in [2.05, 4.69) is 4.74 Å². The molecule has 0 rings (SSSR count). The van der Waals surface area contributed by atoms with Crippen LogP contribution in [0.3, 0.4) is 0 Å². The van der Waals surface area contributed by atoms with Gasteiger partial charge in [-0.1, -0.05) is 70.6 Å². The summed E-state index contributed by atoms with van der Waals surface area (Å²) >= 11 is 0. The van der Waals surface area contributed by atoms with Crippen LogP contribution in [-0.2, 0) is 9.53 Å². The zero-order valence-electron chi connectivity index (χ0n) is 13.7. The Morgan fingerprint density at radius 1 is 0.810 bits per heavy atom. The van der Waals surface area contributed by atoms with Gasteiger partial charge < -0.3 is 14.9 Å². The maximum absolute atomic E-state index is 11.0. The van der Waals surface area contributed by atoms with Crippen LogP contribution in [0.5, 0.6) is 0 Å². The second kappa shape index (κ2) is 15.8. The van der Waals surface area contributed by atoms with E-state index in [-0.39, 0.29) is 0 Å². The van der Waals surface area contributed by atoms with Gasteiger partial charge in [0.05, 0.1) is 7.11 Å².